The molecule has 0 fully saturated rings. The van der Waals surface area contributed by atoms with Gasteiger partial charge in [-0.1, -0.05) is 0 Å². The van der Waals surface area contributed by atoms with Crippen molar-refractivity contribution in [3.8, 4) is 5.75 Å². The number of aromatic hydroxyl groups is 1. The fraction of sp³-hybridized carbons (Fsp3) is 0.375. The van der Waals surface area contributed by atoms with Gasteiger partial charge >= 0.3 is 66.9 Å². The molecule has 1 rings (SSSR count). The molecule has 1 aromatic heterocycles. The molecule has 6 N–H and O–H groups in total. The fourth-order valence-electron chi connectivity index (χ4n) is 0.997. The van der Waals surface area contributed by atoms with Crippen LogP contribution in [0.3, 0.4) is 0 Å². The molecule has 0 aliphatic heterocycles. The van der Waals surface area contributed by atoms with Gasteiger partial charge in [-0.2, -0.15) is 0 Å². The molecule has 0 saturated carbocycles. The second kappa shape index (κ2) is 11.6. The van der Waals surface area contributed by atoms with Gasteiger partial charge in [0, 0.05) is 17.3 Å². The summed E-state index contributed by atoms with van der Waals surface area (Å²) in [5.41, 5.74) is 1.27. The number of nitrogens with zero attached hydrogens (tertiary/aromatic N) is 1. The summed E-state index contributed by atoms with van der Waals surface area (Å²) in [6.07, 6.45) is 1.45. The average Bonchev–Trinajstić information content (AvgIpc) is 2.19. The summed E-state index contributed by atoms with van der Waals surface area (Å²) < 4.78 is 8.88. The summed E-state index contributed by atoms with van der Waals surface area (Å²) in [4.78, 5) is 25.4. The van der Waals surface area contributed by atoms with Crippen molar-refractivity contribution in [1.29, 1.82) is 0 Å². The minimum atomic E-state index is -4.64. The van der Waals surface area contributed by atoms with E-state index in [0.717, 1.165) is 0 Å². The van der Waals surface area contributed by atoms with E-state index in [0.29, 0.717) is 16.8 Å². The Balaban J connectivity index is -0.0000000844. The van der Waals surface area contributed by atoms with Crippen LogP contribution in [0.15, 0.2) is 6.20 Å². The van der Waals surface area contributed by atoms with Crippen molar-refractivity contribution in [1.82, 2.24) is 4.98 Å². The zero-order valence-electron chi connectivity index (χ0n) is 13.0. The number of hydrogen-bond acceptors (Lipinski definition) is 5. The Morgan fingerprint density at radius 2 is 1.63 bits per heavy atom. The van der Waals surface area contributed by atoms with Crippen LogP contribution in [-0.4, -0.2) is 35.0 Å². The molecule has 0 atom stereocenters. The van der Waals surface area contributed by atoms with Crippen molar-refractivity contribution in [3.05, 3.63) is 23.0 Å². The first kappa shape index (κ1) is 25.0. The van der Waals surface area contributed by atoms with E-state index in [1.807, 2.05) is 0 Å². The Morgan fingerprint density at radius 1 is 1.21 bits per heavy atom. The molecule has 8 nitrogen and oxygen atoms in total. The Morgan fingerprint density at radius 3 is 1.95 bits per heavy atom. The maximum absolute atomic E-state index is 9.38. The van der Waals surface area contributed by atoms with Crippen molar-refractivity contribution < 1.29 is 96.5 Å². The number of phosphoric acid groups is 1. The van der Waals surface area contributed by atoms with Crippen molar-refractivity contribution in [2.45, 2.75) is 20.1 Å². The predicted molar refractivity (Wildman–Crippen MR) is 59.0 cm³/mol. The molecular formula is C8H16NNa2O7P. The average molecular weight is 315 g/mol. The molecule has 1 aromatic rings. The van der Waals surface area contributed by atoms with E-state index in [9.17, 15) is 5.11 Å². The van der Waals surface area contributed by atoms with Gasteiger partial charge in [0.05, 0.1) is 18.9 Å². The van der Waals surface area contributed by atoms with Gasteiger partial charge in [0.1, 0.15) is 5.75 Å². The third kappa shape index (κ3) is 11.3. The number of aliphatic hydroxyl groups is 2. The number of pyridine rings is 1. The van der Waals surface area contributed by atoms with Crippen molar-refractivity contribution in [2.24, 2.45) is 0 Å². The third-order valence-corrected chi connectivity index (χ3v) is 1.76. The Kier molecular flexibility index (Phi) is 15.3. The van der Waals surface area contributed by atoms with Crippen molar-refractivity contribution in [2.75, 3.05) is 0 Å². The molecule has 0 spiro atoms. The van der Waals surface area contributed by atoms with Crippen LogP contribution >= 0.6 is 7.82 Å². The Labute approximate surface area is 157 Å². The van der Waals surface area contributed by atoms with Gasteiger partial charge in [-0.15, -0.1) is 0 Å². The SMILES string of the molecule is Cc1ncc(CO)c(CO)c1O.O=P(O)(O)O.[H-].[H-].[Na+].[Na+]. The van der Waals surface area contributed by atoms with E-state index in [1.54, 1.807) is 6.92 Å². The largest absolute Gasteiger partial charge is 1.00 e. The summed E-state index contributed by atoms with van der Waals surface area (Å²) in [7, 11) is -4.64. The van der Waals surface area contributed by atoms with E-state index < -0.39 is 7.82 Å². The van der Waals surface area contributed by atoms with Crippen LogP contribution in [0.25, 0.3) is 0 Å². The van der Waals surface area contributed by atoms with Gasteiger partial charge in [-0.05, 0) is 6.92 Å². The quantitative estimate of drug-likeness (QED) is 0.233. The number of rotatable bonds is 2. The van der Waals surface area contributed by atoms with E-state index in [-0.39, 0.29) is 80.9 Å². The van der Waals surface area contributed by atoms with Gasteiger partial charge in [-0.3, -0.25) is 4.98 Å². The summed E-state index contributed by atoms with van der Waals surface area (Å²) >= 11 is 0. The third-order valence-electron chi connectivity index (χ3n) is 1.76. The molecule has 102 valence electrons. The molecule has 0 radical (unpaired) electrons. The molecule has 0 amide bonds. The molecule has 0 saturated heterocycles. The van der Waals surface area contributed by atoms with Crippen molar-refractivity contribution in [3.63, 3.8) is 0 Å². The van der Waals surface area contributed by atoms with Crippen LogP contribution in [0.2, 0.25) is 0 Å². The number of aromatic nitrogens is 1. The molecule has 11 heteroatoms. The number of aryl methyl sites for hydroxylation is 1. The maximum atomic E-state index is 9.38. The Hall–Kier alpha value is 0.980. The topological polar surface area (TPSA) is 151 Å². The van der Waals surface area contributed by atoms with Crippen molar-refractivity contribution >= 4 is 7.82 Å². The van der Waals surface area contributed by atoms with Crippen LogP contribution in [0, 0.1) is 6.92 Å². The molecule has 0 aliphatic rings. The molecule has 1 heterocycles. The molecular weight excluding hydrogens is 299 g/mol. The van der Waals surface area contributed by atoms with Gasteiger partial charge in [0.25, 0.3) is 0 Å². The zero-order valence-corrected chi connectivity index (χ0v) is 15.9. The second-order valence-electron chi connectivity index (χ2n) is 3.03. The fourth-order valence-corrected chi connectivity index (χ4v) is 0.997. The van der Waals surface area contributed by atoms with Gasteiger partial charge in [0.15, 0.2) is 0 Å². The maximum Gasteiger partial charge on any atom is 1.00 e. The van der Waals surface area contributed by atoms with Crippen LogP contribution in [0.4, 0.5) is 0 Å². The van der Waals surface area contributed by atoms with E-state index in [4.69, 9.17) is 29.5 Å². The van der Waals surface area contributed by atoms with Crippen LogP contribution in [0.1, 0.15) is 19.7 Å². The van der Waals surface area contributed by atoms with E-state index >= 15 is 0 Å². The van der Waals surface area contributed by atoms with E-state index in [1.165, 1.54) is 6.20 Å². The number of aliphatic hydroxyl groups excluding tert-OH is 2. The minimum absolute atomic E-state index is 0. The summed E-state index contributed by atoms with van der Waals surface area (Å²) in [5, 5.41) is 27.0. The van der Waals surface area contributed by atoms with Gasteiger partial charge < -0.3 is 32.9 Å². The monoisotopic (exact) mass is 315 g/mol. The summed E-state index contributed by atoms with van der Waals surface area (Å²) in [5.74, 6) is -0.0379. The molecule has 0 bridgehead atoms. The zero-order chi connectivity index (χ0) is 13.6. The standard InChI is InChI=1S/C8H11NO3.2Na.H3O4P.2H/c1-5-8(12)7(4-11)6(3-10)2-9-5;;;1-5(2,3)4;;/h2,10-12H,3-4H2,1H3;;;(H3,1,2,3,4);;/q;2*+1;;2*-1. The van der Waals surface area contributed by atoms with E-state index in [2.05, 4.69) is 4.98 Å². The first-order valence-electron chi connectivity index (χ1n) is 4.37. The summed E-state index contributed by atoms with van der Waals surface area (Å²) in [6, 6.07) is 0. The van der Waals surface area contributed by atoms with Crippen LogP contribution in [0.5, 0.6) is 5.75 Å². The smallest absolute Gasteiger partial charge is 1.00 e. The summed E-state index contributed by atoms with van der Waals surface area (Å²) in [6.45, 7) is 1.12. The van der Waals surface area contributed by atoms with Crippen LogP contribution < -0.4 is 59.1 Å². The predicted octanol–water partition coefficient (Wildman–Crippen LogP) is -6.62. The molecule has 0 aliphatic carbocycles. The second-order valence-corrected chi connectivity index (χ2v) is 4.05. The normalized spacial score (nSPS) is 9.58. The molecule has 0 unspecified atom stereocenters. The first-order valence-corrected chi connectivity index (χ1v) is 5.93. The van der Waals surface area contributed by atoms with Gasteiger partial charge in [-0.25, -0.2) is 4.57 Å². The minimum Gasteiger partial charge on any atom is -1.00 e. The molecule has 19 heavy (non-hydrogen) atoms. The molecule has 0 aromatic carbocycles. The Bertz CT molecular complexity index is 427. The van der Waals surface area contributed by atoms with Crippen LogP contribution in [-0.2, 0) is 17.8 Å². The number of hydrogen-bond donors (Lipinski definition) is 6. The van der Waals surface area contributed by atoms with Gasteiger partial charge in [0.2, 0.25) is 0 Å². The first-order chi connectivity index (χ1) is 7.70.